The van der Waals surface area contributed by atoms with Gasteiger partial charge in [0.25, 0.3) is 11.5 Å². The number of aromatic nitrogens is 4. The van der Waals surface area contributed by atoms with Gasteiger partial charge in [0.05, 0.1) is 11.1 Å². The molecular formula is C18H21N5O2. The molecule has 2 N–H and O–H groups in total. The number of aromatic amines is 1. The third-order valence-corrected chi connectivity index (χ3v) is 4.14. The number of carbonyl (C=O) groups is 1. The first-order valence-electron chi connectivity index (χ1n) is 8.38. The predicted molar refractivity (Wildman–Crippen MR) is 95.4 cm³/mol. The van der Waals surface area contributed by atoms with Crippen LogP contribution < -0.4 is 10.9 Å². The normalized spacial score (nSPS) is 11.0. The van der Waals surface area contributed by atoms with Gasteiger partial charge in [-0.3, -0.25) is 14.3 Å². The average molecular weight is 339 g/mol. The molecule has 0 saturated carbocycles. The maximum atomic E-state index is 12.5. The molecule has 3 rings (SSSR count). The molecule has 2 aromatic heterocycles. The molecule has 0 fully saturated rings. The van der Waals surface area contributed by atoms with Crippen molar-refractivity contribution >= 4 is 16.7 Å². The van der Waals surface area contributed by atoms with Crippen LogP contribution in [0.5, 0.6) is 0 Å². The van der Waals surface area contributed by atoms with Crippen molar-refractivity contribution in [1.82, 2.24) is 25.3 Å². The molecule has 0 unspecified atom stereocenters. The van der Waals surface area contributed by atoms with E-state index in [2.05, 4.69) is 27.5 Å². The summed E-state index contributed by atoms with van der Waals surface area (Å²) in [6.45, 7) is 5.31. The molecular weight excluding hydrogens is 318 g/mol. The summed E-state index contributed by atoms with van der Waals surface area (Å²) in [6, 6.07) is 6.94. The first-order chi connectivity index (χ1) is 12.1. The highest BCUT2D eigenvalue weighted by Crippen LogP contribution is 2.13. The summed E-state index contributed by atoms with van der Waals surface area (Å²) in [5.74, 6) is -0.326. The van der Waals surface area contributed by atoms with Crippen molar-refractivity contribution in [3.05, 3.63) is 57.8 Å². The number of rotatable bonds is 6. The number of carbonyl (C=O) groups excluding carboxylic acids is 1. The Bertz CT molecular complexity index is 957. The maximum Gasteiger partial charge on any atom is 0.272 e. The van der Waals surface area contributed by atoms with Crippen LogP contribution in [0.25, 0.3) is 10.8 Å². The van der Waals surface area contributed by atoms with Gasteiger partial charge in [-0.05, 0) is 19.4 Å². The zero-order valence-corrected chi connectivity index (χ0v) is 14.4. The molecule has 0 aliphatic heterocycles. The smallest absolute Gasteiger partial charge is 0.272 e. The van der Waals surface area contributed by atoms with Crippen molar-refractivity contribution in [2.45, 2.75) is 39.8 Å². The SMILES string of the molecule is CCCCn1cc(CNC(=O)c2n[nH]c(=O)c3ccccc23)c(C)n1. The van der Waals surface area contributed by atoms with Gasteiger partial charge in [-0.25, -0.2) is 5.10 Å². The van der Waals surface area contributed by atoms with Crippen molar-refractivity contribution in [2.75, 3.05) is 0 Å². The summed E-state index contributed by atoms with van der Waals surface area (Å²) in [5, 5.41) is 14.6. The third-order valence-electron chi connectivity index (χ3n) is 4.14. The fourth-order valence-electron chi connectivity index (χ4n) is 2.71. The summed E-state index contributed by atoms with van der Waals surface area (Å²) in [6.07, 6.45) is 4.14. The molecule has 0 spiro atoms. The van der Waals surface area contributed by atoms with Crippen molar-refractivity contribution in [3.8, 4) is 0 Å². The highest BCUT2D eigenvalue weighted by atomic mass is 16.2. The Hall–Kier alpha value is -2.96. The van der Waals surface area contributed by atoms with Crippen LogP contribution in [0.3, 0.4) is 0 Å². The minimum absolute atomic E-state index is 0.214. The van der Waals surface area contributed by atoms with E-state index in [0.29, 0.717) is 17.3 Å². The highest BCUT2D eigenvalue weighted by Gasteiger charge is 2.14. The van der Waals surface area contributed by atoms with Crippen LogP contribution in [0.4, 0.5) is 0 Å². The number of hydrogen-bond donors (Lipinski definition) is 2. The lowest BCUT2D eigenvalue weighted by atomic mass is 10.1. The van der Waals surface area contributed by atoms with Gasteiger partial charge >= 0.3 is 0 Å². The lowest BCUT2D eigenvalue weighted by Crippen LogP contribution is -2.26. The van der Waals surface area contributed by atoms with Crippen molar-refractivity contribution in [2.24, 2.45) is 0 Å². The molecule has 1 aromatic carbocycles. The summed E-state index contributed by atoms with van der Waals surface area (Å²) >= 11 is 0. The van der Waals surface area contributed by atoms with E-state index in [1.54, 1.807) is 24.3 Å². The minimum atomic E-state index is -0.326. The van der Waals surface area contributed by atoms with Crippen LogP contribution >= 0.6 is 0 Å². The van der Waals surface area contributed by atoms with E-state index in [9.17, 15) is 9.59 Å². The first-order valence-corrected chi connectivity index (χ1v) is 8.38. The van der Waals surface area contributed by atoms with Crippen molar-refractivity contribution < 1.29 is 4.79 Å². The summed E-state index contributed by atoms with van der Waals surface area (Å²) in [7, 11) is 0. The van der Waals surface area contributed by atoms with Crippen LogP contribution in [0.2, 0.25) is 0 Å². The Morgan fingerprint density at radius 2 is 2.04 bits per heavy atom. The van der Waals surface area contributed by atoms with Crippen LogP contribution in [-0.4, -0.2) is 25.9 Å². The highest BCUT2D eigenvalue weighted by molar-refractivity contribution is 6.04. The quantitative estimate of drug-likeness (QED) is 0.720. The molecule has 0 aliphatic carbocycles. The Morgan fingerprint density at radius 3 is 2.80 bits per heavy atom. The number of nitrogens with zero attached hydrogens (tertiary/aromatic N) is 3. The third kappa shape index (κ3) is 3.60. The lowest BCUT2D eigenvalue weighted by molar-refractivity contribution is 0.0946. The number of amides is 1. The summed E-state index contributed by atoms with van der Waals surface area (Å²) < 4.78 is 1.91. The Labute approximate surface area is 145 Å². The molecule has 2 heterocycles. The zero-order chi connectivity index (χ0) is 17.8. The van der Waals surface area contributed by atoms with E-state index in [1.807, 2.05) is 17.8 Å². The fraction of sp³-hybridized carbons (Fsp3) is 0.333. The number of H-pyrrole nitrogens is 1. The molecule has 0 saturated heterocycles. The van der Waals surface area contributed by atoms with Gasteiger partial charge in [0.15, 0.2) is 5.69 Å². The van der Waals surface area contributed by atoms with Gasteiger partial charge in [-0.2, -0.15) is 10.2 Å². The largest absolute Gasteiger partial charge is 0.346 e. The maximum absolute atomic E-state index is 12.5. The first kappa shape index (κ1) is 16.9. The van der Waals surface area contributed by atoms with Crippen molar-refractivity contribution in [1.29, 1.82) is 0 Å². The second-order valence-electron chi connectivity index (χ2n) is 5.99. The van der Waals surface area contributed by atoms with Crippen LogP contribution in [0.1, 0.15) is 41.5 Å². The van der Waals surface area contributed by atoms with Crippen molar-refractivity contribution in [3.63, 3.8) is 0 Å². The topological polar surface area (TPSA) is 92.7 Å². The van der Waals surface area contributed by atoms with Gasteiger partial charge in [0.2, 0.25) is 0 Å². The molecule has 0 atom stereocenters. The molecule has 0 bridgehead atoms. The number of benzene rings is 1. The predicted octanol–water partition coefficient (Wildman–Crippen LogP) is 2.16. The van der Waals surface area contributed by atoms with Gasteiger partial charge in [0, 0.05) is 30.2 Å². The zero-order valence-electron chi connectivity index (χ0n) is 14.4. The monoisotopic (exact) mass is 339 g/mol. The van der Waals surface area contributed by atoms with E-state index >= 15 is 0 Å². The number of hydrogen-bond acceptors (Lipinski definition) is 4. The molecule has 7 heteroatoms. The fourth-order valence-corrected chi connectivity index (χ4v) is 2.71. The van der Waals surface area contributed by atoms with Gasteiger partial charge in [0.1, 0.15) is 0 Å². The Kier molecular flexibility index (Phi) is 4.92. The second-order valence-corrected chi connectivity index (χ2v) is 5.99. The number of fused-ring (bicyclic) bond motifs is 1. The van der Waals surface area contributed by atoms with E-state index in [-0.39, 0.29) is 17.2 Å². The molecule has 130 valence electrons. The number of nitrogens with one attached hydrogen (secondary N) is 2. The van der Waals surface area contributed by atoms with Crippen LogP contribution in [-0.2, 0) is 13.1 Å². The number of unbranched alkanes of at least 4 members (excludes halogenated alkanes) is 1. The minimum Gasteiger partial charge on any atom is -0.346 e. The van der Waals surface area contributed by atoms with E-state index in [4.69, 9.17) is 0 Å². The molecule has 0 aliphatic rings. The molecule has 1 amide bonds. The standard InChI is InChI=1S/C18H21N5O2/c1-3-4-9-23-11-13(12(2)22-23)10-19-18(25)16-14-7-5-6-8-15(14)17(24)21-20-16/h5-8,11H,3-4,9-10H2,1-2H3,(H,19,25)(H,21,24). The number of aryl methyl sites for hydroxylation is 2. The van der Waals surface area contributed by atoms with Gasteiger partial charge in [-0.1, -0.05) is 31.5 Å². The Morgan fingerprint density at radius 1 is 1.28 bits per heavy atom. The van der Waals surface area contributed by atoms with Gasteiger partial charge < -0.3 is 5.32 Å². The lowest BCUT2D eigenvalue weighted by Gasteiger charge is -2.06. The Balaban J connectivity index is 1.77. The summed E-state index contributed by atoms with van der Waals surface area (Å²) in [4.78, 5) is 24.3. The molecule has 0 radical (unpaired) electrons. The van der Waals surface area contributed by atoms with E-state index < -0.39 is 0 Å². The second kappa shape index (κ2) is 7.29. The molecule has 7 nitrogen and oxygen atoms in total. The molecule has 3 aromatic rings. The van der Waals surface area contributed by atoms with Crippen LogP contribution in [0.15, 0.2) is 35.3 Å². The van der Waals surface area contributed by atoms with Crippen LogP contribution in [0, 0.1) is 6.92 Å². The van der Waals surface area contributed by atoms with E-state index in [1.165, 1.54) is 0 Å². The van der Waals surface area contributed by atoms with E-state index in [0.717, 1.165) is 30.6 Å². The van der Waals surface area contributed by atoms with Gasteiger partial charge in [-0.15, -0.1) is 0 Å². The summed E-state index contributed by atoms with van der Waals surface area (Å²) in [5.41, 5.74) is 1.78. The molecule has 25 heavy (non-hydrogen) atoms. The average Bonchev–Trinajstić information content (AvgIpc) is 2.98.